The Morgan fingerprint density at radius 3 is 2.39 bits per heavy atom. The minimum absolute atomic E-state index is 0.0227. The van der Waals surface area contributed by atoms with Crippen LogP contribution in [0.25, 0.3) is 11.3 Å². The number of carbonyl (C=O) groups excluding carboxylic acids is 2. The number of piperidine rings is 1. The second-order valence-corrected chi connectivity index (χ2v) is 7.34. The lowest BCUT2D eigenvalue weighted by Crippen LogP contribution is -2.46. The monoisotopic (exact) mass is 411 g/mol. The Labute approximate surface area is 180 Å². The van der Waals surface area contributed by atoms with Crippen molar-refractivity contribution in [1.29, 1.82) is 5.26 Å². The van der Waals surface area contributed by atoms with E-state index in [1.165, 1.54) is 0 Å². The first-order chi connectivity index (χ1) is 15.2. The number of nitrogens with zero attached hydrogens (tertiary/aromatic N) is 4. The predicted molar refractivity (Wildman–Crippen MR) is 115 cm³/mol. The van der Waals surface area contributed by atoms with Gasteiger partial charge in [-0.2, -0.15) is 5.26 Å². The lowest BCUT2D eigenvalue weighted by Gasteiger charge is -2.32. The molecule has 1 fully saturated rings. The van der Waals surface area contributed by atoms with Crippen molar-refractivity contribution in [3.05, 3.63) is 83.8 Å². The standard InChI is InChI=1S/C24H21N5O2/c25-16-19-4-3-13-27-22(19)17-6-8-18(9-7-17)24(31)29-14-10-20(11-15-29)28-23(30)21-5-1-2-12-26-21/h1-9,12-13,20H,10-11,14-15H2,(H,28,30). The Hall–Kier alpha value is -4.05. The van der Waals surface area contributed by atoms with Gasteiger partial charge in [-0.05, 0) is 49.2 Å². The zero-order valence-corrected chi connectivity index (χ0v) is 16.9. The zero-order valence-electron chi connectivity index (χ0n) is 16.9. The lowest BCUT2D eigenvalue weighted by atomic mass is 10.0. The van der Waals surface area contributed by atoms with Gasteiger partial charge in [-0.25, -0.2) is 0 Å². The van der Waals surface area contributed by atoms with Gasteiger partial charge in [0.1, 0.15) is 11.8 Å². The van der Waals surface area contributed by atoms with E-state index in [0.717, 1.165) is 5.56 Å². The fraction of sp³-hybridized carbons (Fsp3) is 0.208. The molecule has 2 amide bonds. The molecule has 1 aliphatic rings. The Balaban J connectivity index is 1.35. The molecule has 3 heterocycles. The fourth-order valence-corrected chi connectivity index (χ4v) is 3.66. The Morgan fingerprint density at radius 1 is 0.968 bits per heavy atom. The molecule has 31 heavy (non-hydrogen) atoms. The quantitative estimate of drug-likeness (QED) is 0.711. The highest BCUT2D eigenvalue weighted by molar-refractivity contribution is 5.95. The van der Waals surface area contributed by atoms with Crippen molar-refractivity contribution < 1.29 is 9.59 Å². The van der Waals surface area contributed by atoms with Gasteiger partial charge in [0.2, 0.25) is 0 Å². The summed E-state index contributed by atoms with van der Waals surface area (Å²) in [4.78, 5) is 35.3. The summed E-state index contributed by atoms with van der Waals surface area (Å²) in [5.41, 5.74) is 2.89. The number of nitriles is 1. The molecule has 0 spiro atoms. The molecule has 0 atom stereocenters. The molecule has 0 saturated carbocycles. The molecule has 154 valence electrons. The van der Waals surface area contributed by atoms with Crippen LogP contribution in [0.4, 0.5) is 0 Å². The second-order valence-electron chi connectivity index (χ2n) is 7.34. The maximum absolute atomic E-state index is 12.9. The number of rotatable bonds is 4. The number of nitrogens with one attached hydrogen (secondary N) is 1. The van der Waals surface area contributed by atoms with E-state index in [4.69, 9.17) is 0 Å². The third-order valence-electron chi connectivity index (χ3n) is 5.35. The summed E-state index contributed by atoms with van der Waals surface area (Å²) in [7, 11) is 0. The van der Waals surface area contributed by atoms with E-state index in [1.807, 2.05) is 12.1 Å². The van der Waals surface area contributed by atoms with Gasteiger partial charge in [0.05, 0.1) is 11.3 Å². The number of aromatic nitrogens is 2. The van der Waals surface area contributed by atoms with Crippen LogP contribution in [0.5, 0.6) is 0 Å². The number of benzene rings is 1. The molecule has 7 heteroatoms. The van der Waals surface area contributed by atoms with Gasteiger partial charge in [0.15, 0.2) is 0 Å². The van der Waals surface area contributed by atoms with Gasteiger partial charge in [-0.15, -0.1) is 0 Å². The number of hydrogen-bond donors (Lipinski definition) is 1. The van der Waals surface area contributed by atoms with Gasteiger partial charge in [-0.1, -0.05) is 18.2 Å². The molecule has 0 radical (unpaired) electrons. The summed E-state index contributed by atoms with van der Waals surface area (Å²) in [5.74, 6) is -0.227. The first-order valence-corrected chi connectivity index (χ1v) is 10.1. The number of carbonyl (C=O) groups is 2. The van der Waals surface area contributed by atoms with Crippen molar-refractivity contribution in [2.75, 3.05) is 13.1 Å². The van der Waals surface area contributed by atoms with E-state index in [-0.39, 0.29) is 17.9 Å². The highest BCUT2D eigenvalue weighted by Gasteiger charge is 2.25. The topological polar surface area (TPSA) is 99.0 Å². The Kier molecular flexibility index (Phi) is 5.99. The van der Waals surface area contributed by atoms with Crippen molar-refractivity contribution in [3.63, 3.8) is 0 Å². The van der Waals surface area contributed by atoms with Crippen LogP contribution in [0.3, 0.4) is 0 Å². The number of pyridine rings is 2. The average molecular weight is 411 g/mol. The van der Waals surface area contributed by atoms with E-state index in [9.17, 15) is 14.9 Å². The van der Waals surface area contributed by atoms with Gasteiger partial charge in [-0.3, -0.25) is 19.6 Å². The summed E-state index contributed by atoms with van der Waals surface area (Å²) in [6, 6.07) is 18.0. The normalized spacial score (nSPS) is 14.0. The predicted octanol–water partition coefficient (Wildman–Crippen LogP) is 3.05. The first-order valence-electron chi connectivity index (χ1n) is 10.1. The summed E-state index contributed by atoms with van der Waals surface area (Å²) in [6.07, 6.45) is 4.63. The molecule has 3 aromatic rings. The summed E-state index contributed by atoms with van der Waals surface area (Å²) < 4.78 is 0. The molecule has 1 aliphatic heterocycles. The molecule has 1 saturated heterocycles. The lowest BCUT2D eigenvalue weighted by molar-refractivity contribution is 0.0697. The maximum atomic E-state index is 12.9. The molecule has 0 bridgehead atoms. The van der Waals surface area contributed by atoms with Crippen molar-refractivity contribution in [2.24, 2.45) is 0 Å². The smallest absolute Gasteiger partial charge is 0.270 e. The fourth-order valence-electron chi connectivity index (χ4n) is 3.66. The van der Waals surface area contributed by atoms with E-state index in [0.29, 0.717) is 48.4 Å². The van der Waals surface area contributed by atoms with Gasteiger partial charge in [0, 0.05) is 42.7 Å². The molecular weight excluding hydrogens is 390 g/mol. The molecule has 7 nitrogen and oxygen atoms in total. The Bertz CT molecular complexity index is 1110. The largest absolute Gasteiger partial charge is 0.348 e. The molecule has 1 N–H and O–H groups in total. The highest BCUT2D eigenvalue weighted by atomic mass is 16.2. The SMILES string of the molecule is N#Cc1cccnc1-c1ccc(C(=O)N2CCC(NC(=O)c3ccccn3)CC2)cc1. The van der Waals surface area contributed by atoms with Gasteiger partial charge in [0.25, 0.3) is 11.8 Å². The molecule has 0 aliphatic carbocycles. The van der Waals surface area contributed by atoms with Crippen molar-refractivity contribution in [1.82, 2.24) is 20.2 Å². The molecule has 0 unspecified atom stereocenters. The molecule has 4 rings (SSSR count). The van der Waals surface area contributed by atoms with Crippen molar-refractivity contribution >= 4 is 11.8 Å². The van der Waals surface area contributed by atoms with E-state index in [2.05, 4.69) is 21.4 Å². The minimum Gasteiger partial charge on any atom is -0.348 e. The number of likely N-dealkylation sites (tertiary alicyclic amines) is 1. The van der Waals surface area contributed by atoms with Crippen LogP contribution in [0.15, 0.2) is 67.0 Å². The van der Waals surface area contributed by atoms with Crippen LogP contribution < -0.4 is 5.32 Å². The van der Waals surface area contributed by atoms with Crippen molar-refractivity contribution in [3.8, 4) is 17.3 Å². The van der Waals surface area contributed by atoms with Gasteiger partial charge < -0.3 is 10.2 Å². The third kappa shape index (κ3) is 4.59. The average Bonchev–Trinajstić information content (AvgIpc) is 2.84. The summed E-state index contributed by atoms with van der Waals surface area (Å²) in [6.45, 7) is 1.15. The second kappa shape index (κ2) is 9.18. The number of amides is 2. The van der Waals surface area contributed by atoms with Crippen LogP contribution in [0, 0.1) is 11.3 Å². The first kappa shape index (κ1) is 20.2. The molecule has 1 aromatic carbocycles. The van der Waals surface area contributed by atoms with Crippen LogP contribution >= 0.6 is 0 Å². The third-order valence-corrected chi connectivity index (χ3v) is 5.35. The summed E-state index contributed by atoms with van der Waals surface area (Å²) >= 11 is 0. The van der Waals surface area contributed by atoms with Gasteiger partial charge >= 0.3 is 0 Å². The molecular formula is C24H21N5O2. The van der Waals surface area contributed by atoms with Crippen LogP contribution in [0.2, 0.25) is 0 Å². The van der Waals surface area contributed by atoms with Crippen LogP contribution in [-0.2, 0) is 0 Å². The zero-order chi connectivity index (χ0) is 21.6. The molecule has 2 aromatic heterocycles. The van der Waals surface area contributed by atoms with Crippen molar-refractivity contribution in [2.45, 2.75) is 18.9 Å². The highest BCUT2D eigenvalue weighted by Crippen LogP contribution is 2.22. The van der Waals surface area contributed by atoms with E-state index >= 15 is 0 Å². The van der Waals surface area contributed by atoms with Crippen LogP contribution in [0.1, 0.15) is 39.3 Å². The van der Waals surface area contributed by atoms with E-state index in [1.54, 1.807) is 59.8 Å². The van der Waals surface area contributed by atoms with Crippen LogP contribution in [-0.4, -0.2) is 45.8 Å². The maximum Gasteiger partial charge on any atom is 0.270 e. The number of hydrogen-bond acceptors (Lipinski definition) is 5. The van der Waals surface area contributed by atoms with E-state index < -0.39 is 0 Å². The summed E-state index contributed by atoms with van der Waals surface area (Å²) in [5, 5.41) is 12.3. The minimum atomic E-state index is -0.188. The Morgan fingerprint density at radius 2 is 1.71 bits per heavy atom.